The average molecular weight is 301 g/mol. The smallest absolute Gasteiger partial charge is 0.317 e. The Morgan fingerprint density at radius 2 is 2.32 bits per heavy atom. The standard InChI is InChI=1S/C17H23N3O2/c1-12(14-6-3-5-13(9-14)10-18)19-17(22)20(2)11-15-7-4-8-16(15)21/h3,5-6,9,12,15-16,21H,4,7-8,11H2,1-2H3,(H,19,22)/t12-,15-,16+/m1/s1. The summed E-state index contributed by atoms with van der Waals surface area (Å²) >= 11 is 0. The van der Waals surface area contributed by atoms with Crippen LogP contribution in [0, 0.1) is 17.2 Å². The Morgan fingerprint density at radius 1 is 1.55 bits per heavy atom. The van der Waals surface area contributed by atoms with Gasteiger partial charge in [0.05, 0.1) is 23.8 Å². The van der Waals surface area contributed by atoms with Gasteiger partial charge < -0.3 is 15.3 Å². The van der Waals surface area contributed by atoms with Gasteiger partial charge in [-0.1, -0.05) is 18.6 Å². The van der Waals surface area contributed by atoms with E-state index in [1.165, 1.54) is 0 Å². The molecule has 5 nitrogen and oxygen atoms in total. The van der Waals surface area contributed by atoms with Gasteiger partial charge in [0.15, 0.2) is 0 Å². The van der Waals surface area contributed by atoms with Crippen molar-refractivity contribution in [1.82, 2.24) is 10.2 Å². The lowest BCUT2D eigenvalue weighted by Crippen LogP contribution is -2.42. The Morgan fingerprint density at radius 3 is 2.95 bits per heavy atom. The van der Waals surface area contributed by atoms with Gasteiger partial charge in [0, 0.05) is 19.5 Å². The summed E-state index contributed by atoms with van der Waals surface area (Å²) in [5.41, 5.74) is 1.49. The topological polar surface area (TPSA) is 76.4 Å². The highest BCUT2D eigenvalue weighted by Crippen LogP contribution is 2.26. The molecule has 1 aromatic rings. The fourth-order valence-corrected chi connectivity index (χ4v) is 2.92. The highest BCUT2D eigenvalue weighted by Gasteiger charge is 2.27. The van der Waals surface area contributed by atoms with Crippen molar-refractivity contribution in [3.05, 3.63) is 35.4 Å². The van der Waals surface area contributed by atoms with Gasteiger partial charge in [0.2, 0.25) is 0 Å². The van der Waals surface area contributed by atoms with Crippen LogP contribution in [0.5, 0.6) is 0 Å². The summed E-state index contributed by atoms with van der Waals surface area (Å²) in [6.07, 6.45) is 2.54. The van der Waals surface area contributed by atoms with Gasteiger partial charge in [0.1, 0.15) is 0 Å². The summed E-state index contributed by atoms with van der Waals surface area (Å²) in [5.74, 6) is 0.174. The van der Waals surface area contributed by atoms with Crippen molar-refractivity contribution >= 4 is 6.03 Å². The lowest BCUT2D eigenvalue weighted by atomic mass is 10.1. The molecule has 0 aromatic heterocycles. The lowest BCUT2D eigenvalue weighted by molar-refractivity contribution is 0.113. The zero-order chi connectivity index (χ0) is 16.1. The predicted molar refractivity (Wildman–Crippen MR) is 84.1 cm³/mol. The Balaban J connectivity index is 1.91. The summed E-state index contributed by atoms with van der Waals surface area (Å²) < 4.78 is 0. The number of nitrogens with one attached hydrogen (secondary N) is 1. The van der Waals surface area contributed by atoms with E-state index in [1.807, 2.05) is 19.1 Å². The Kier molecular flexibility index (Phi) is 5.40. The molecule has 2 amide bonds. The summed E-state index contributed by atoms with van der Waals surface area (Å²) in [6, 6.07) is 9.01. The fraction of sp³-hybridized carbons (Fsp3) is 0.529. The molecule has 0 spiro atoms. The van der Waals surface area contributed by atoms with Crippen LogP contribution in [-0.4, -0.2) is 35.7 Å². The third-order valence-corrected chi connectivity index (χ3v) is 4.33. The summed E-state index contributed by atoms with van der Waals surface area (Å²) in [6.45, 7) is 2.46. The first-order chi connectivity index (χ1) is 10.5. The molecule has 0 unspecified atom stereocenters. The van der Waals surface area contributed by atoms with Crippen molar-refractivity contribution in [2.75, 3.05) is 13.6 Å². The van der Waals surface area contributed by atoms with E-state index in [-0.39, 0.29) is 24.1 Å². The van der Waals surface area contributed by atoms with Crippen molar-refractivity contribution in [3.8, 4) is 6.07 Å². The number of aliphatic hydroxyl groups excluding tert-OH is 1. The highest BCUT2D eigenvalue weighted by atomic mass is 16.3. The zero-order valence-electron chi connectivity index (χ0n) is 13.1. The molecule has 2 N–H and O–H groups in total. The summed E-state index contributed by atoms with van der Waals surface area (Å²) in [5, 5.41) is 21.7. The Labute approximate surface area is 131 Å². The maximum atomic E-state index is 12.2. The van der Waals surface area contributed by atoms with Gasteiger partial charge in [-0.3, -0.25) is 0 Å². The second-order valence-electron chi connectivity index (χ2n) is 6.05. The Bertz CT molecular complexity index is 567. The number of urea groups is 1. The summed E-state index contributed by atoms with van der Waals surface area (Å²) in [4.78, 5) is 13.9. The average Bonchev–Trinajstić information content (AvgIpc) is 2.92. The van der Waals surface area contributed by atoms with E-state index < -0.39 is 0 Å². The third-order valence-electron chi connectivity index (χ3n) is 4.33. The largest absolute Gasteiger partial charge is 0.393 e. The van der Waals surface area contributed by atoms with Crippen LogP contribution >= 0.6 is 0 Å². The van der Waals surface area contributed by atoms with E-state index in [0.717, 1.165) is 24.8 Å². The number of aliphatic hydroxyl groups is 1. The van der Waals surface area contributed by atoms with Crippen molar-refractivity contribution in [3.63, 3.8) is 0 Å². The highest BCUT2D eigenvalue weighted by molar-refractivity contribution is 5.74. The molecule has 0 radical (unpaired) electrons. The van der Waals surface area contributed by atoms with Gasteiger partial charge in [-0.25, -0.2) is 4.79 Å². The number of carbonyl (C=O) groups is 1. The van der Waals surface area contributed by atoms with Gasteiger partial charge in [-0.15, -0.1) is 0 Å². The second kappa shape index (κ2) is 7.28. The first-order valence-electron chi connectivity index (χ1n) is 7.71. The van der Waals surface area contributed by atoms with E-state index in [1.54, 1.807) is 24.1 Å². The monoisotopic (exact) mass is 301 g/mol. The number of carbonyl (C=O) groups excluding carboxylic acids is 1. The van der Waals surface area contributed by atoms with Crippen molar-refractivity contribution < 1.29 is 9.90 Å². The number of amides is 2. The molecule has 22 heavy (non-hydrogen) atoms. The van der Waals surface area contributed by atoms with Crippen LogP contribution in [0.3, 0.4) is 0 Å². The molecule has 0 bridgehead atoms. The van der Waals surface area contributed by atoms with E-state index in [9.17, 15) is 9.90 Å². The maximum absolute atomic E-state index is 12.2. The van der Waals surface area contributed by atoms with E-state index in [0.29, 0.717) is 12.1 Å². The molecule has 1 aliphatic rings. The van der Waals surface area contributed by atoms with E-state index in [2.05, 4.69) is 11.4 Å². The molecular weight excluding hydrogens is 278 g/mol. The number of benzene rings is 1. The van der Waals surface area contributed by atoms with Crippen LogP contribution in [0.4, 0.5) is 4.79 Å². The fourth-order valence-electron chi connectivity index (χ4n) is 2.92. The first kappa shape index (κ1) is 16.3. The van der Waals surface area contributed by atoms with Gasteiger partial charge in [-0.05, 0) is 37.5 Å². The number of nitrogens with zero attached hydrogens (tertiary/aromatic N) is 2. The first-order valence-corrected chi connectivity index (χ1v) is 7.71. The minimum Gasteiger partial charge on any atom is -0.393 e. The van der Waals surface area contributed by atoms with Crippen molar-refractivity contribution in [1.29, 1.82) is 5.26 Å². The number of nitriles is 1. The lowest BCUT2D eigenvalue weighted by Gasteiger charge is -2.25. The van der Waals surface area contributed by atoms with Crippen molar-refractivity contribution in [2.24, 2.45) is 5.92 Å². The molecule has 0 saturated heterocycles. The Hall–Kier alpha value is -2.06. The molecule has 1 fully saturated rings. The molecule has 1 saturated carbocycles. The van der Waals surface area contributed by atoms with Gasteiger partial charge >= 0.3 is 6.03 Å². The molecule has 5 heteroatoms. The number of hydrogen-bond donors (Lipinski definition) is 2. The SMILES string of the molecule is C[C@@H](NC(=O)N(C)C[C@H]1CCC[C@@H]1O)c1cccc(C#N)c1. The second-order valence-corrected chi connectivity index (χ2v) is 6.05. The molecule has 1 aromatic carbocycles. The molecule has 118 valence electrons. The molecular formula is C17H23N3O2. The van der Waals surface area contributed by atoms with Crippen LogP contribution in [0.1, 0.15) is 43.4 Å². The minimum atomic E-state index is -0.292. The molecule has 0 heterocycles. The zero-order valence-corrected chi connectivity index (χ0v) is 13.1. The molecule has 1 aliphatic carbocycles. The number of rotatable bonds is 4. The van der Waals surface area contributed by atoms with Crippen molar-refractivity contribution in [2.45, 2.75) is 38.3 Å². The van der Waals surface area contributed by atoms with Crippen LogP contribution in [0.15, 0.2) is 24.3 Å². The maximum Gasteiger partial charge on any atom is 0.317 e. The van der Waals surface area contributed by atoms with Crippen LogP contribution in [0.25, 0.3) is 0 Å². The summed E-state index contributed by atoms with van der Waals surface area (Å²) in [7, 11) is 1.75. The van der Waals surface area contributed by atoms with Crippen LogP contribution < -0.4 is 5.32 Å². The quantitative estimate of drug-likeness (QED) is 0.896. The normalized spacial score (nSPS) is 21.9. The van der Waals surface area contributed by atoms with E-state index >= 15 is 0 Å². The minimum absolute atomic E-state index is 0.158. The third kappa shape index (κ3) is 3.99. The number of hydrogen-bond acceptors (Lipinski definition) is 3. The van der Waals surface area contributed by atoms with Crippen LogP contribution in [0.2, 0.25) is 0 Å². The molecule has 0 aliphatic heterocycles. The van der Waals surface area contributed by atoms with E-state index in [4.69, 9.17) is 5.26 Å². The van der Waals surface area contributed by atoms with Gasteiger partial charge in [0.25, 0.3) is 0 Å². The predicted octanol–water partition coefficient (Wildman–Crippen LogP) is 2.42. The van der Waals surface area contributed by atoms with Crippen LogP contribution in [-0.2, 0) is 0 Å². The van der Waals surface area contributed by atoms with Gasteiger partial charge in [-0.2, -0.15) is 5.26 Å². The molecule has 3 atom stereocenters. The molecule has 2 rings (SSSR count).